The second-order valence-corrected chi connectivity index (χ2v) is 4.49. The summed E-state index contributed by atoms with van der Waals surface area (Å²) in [5, 5.41) is 8.78. The number of hydrogen-bond acceptors (Lipinski definition) is 4. The van der Waals surface area contributed by atoms with E-state index in [9.17, 15) is 9.59 Å². The van der Waals surface area contributed by atoms with Crippen LogP contribution >= 0.6 is 0 Å². The van der Waals surface area contributed by atoms with Crippen molar-refractivity contribution in [2.45, 2.75) is 32.7 Å². The van der Waals surface area contributed by atoms with Crippen LogP contribution in [-0.2, 0) is 4.79 Å². The molecule has 0 aliphatic carbocycles. The standard InChI is InChI=1S/C11H16N2O4/c1-7-12-6-8(17-7)10(16)13(4)11(2,3)5-9(14)15/h6H,5H2,1-4H3,(H,14,15). The molecule has 0 aliphatic rings. The largest absolute Gasteiger partial charge is 0.481 e. The van der Waals surface area contributed by atoms with Crippen LogP contribution in [0.15, 0.2) is 10.6 Å². The molecule has 0 unspecified atom stereocenters. The van der Waals surface area contributed by atoms with E-state index in [0.717, 1.165) is 0 Å². The highest BCUT2D eigenvalue weighted by molar-refractivity contribution is 5.91. The van der Waals surface area contributed by atoms with Gasteiger partial charge in [0.15, 0.2) is 5.89 Å². The molecule has 1 aromatic heterocycles. The molecule has 1 heterocycles. The van der Waals surface area contributed by atoms with Gasteiger partial charge in [-0.1, -0.05) is 0 Å². The van der Waals surface area contributed by atoms with E-state index in [1.807, 2.05) is 0 Å². The minimum absolute atomic E-state index is 0.114. The second-order valence-electron chi connectivity index (χ2n) is 4.49. The monoisotopic (exact) mass is 240 g/mol. The van der Waals surface area contributed by atoms with Gasteiger partial charge in [-0.15, -0.1) is 0 Å². The van der Waals surface area contributed by atoms with E-state index in [2.05, 4.69) is 4.98 Å². The number of nitrogens with zero attached hydrogens (tertiary/aromatic N) is 2. The molecule has 1 N–H and O–H groups in total. The number of carboxylic acid groups (broad SMARTS) is 1. The predicted molar refractivity (Wildman–Crippen MR) is 59.7 cm³/mol. The van der Waals surface area contributed by atoms with E-state index in [1.54, 1.807) is 27.8 Å². The molecule has 0 aromatic carbocycles. The van der Waals surface area contributed by atoms with Gasteiger partial charge in [-0.05, 0) is 13.8 Å². The summed E-state index contributed by atoms with van der Waals surface area (Å²) in [7, 11) is 1.54. The Morgan fingerprint density at radius 3 is 2.53 bits per heavy atom. The smallest absolute Gasteiger partial charge is 0.305 e. The Kier molecular flexibility index (Phi) is 3.55. The van der Waals surface area contributed by atoms with Gasteiger partial charge >= 0.3 is 5.97 Å². The molecule has 1 rings (SSSR count). The fraction of sp³-hybridized carbons (Fsp3) is 0.545. The Morgan fingerprint density at radius 1 is 1.53 bits per heavy atom. The number of rotatable bonds is 4. The maximum Gasteiger partial charge on any atom is 0.305 e. The number of aliphatic carboxylic acids is 1. The van der Waals surface area contributed by atoms with E-state index in [-0.39, 0.29) is 18.1 Å². The topological polar surface area (TPSA) is 83.6 Å². The molecule has 0 bridgehead atoms. The van der Waals surface area contributed by atoms with Crippen LogP contribution in [0.4, 0.5) is 0 Å². The van der Waals surface area contributed by atoms with Crippen molar-refractivity contribution in [2.24, 2.45) is 0 Å². The van der Waals surface area contributed by atoms with E-state index < -0.39 is 11.5 Å². The molecule has 0 aliphatic heterocycles. The third kappa shape index (κ3) is 3.05. The summed E-state index contributed by atoms with van der Waals surface area (Å²) in [4.78, 5) is 27.9. The van der Waals surface area contributed by atoms with Crippen LogP contribution in [0.5, 0.6) is 0 Å². The Hall–Kier alpha value is -1.85. The maximum atomic E-state index is 12.0. The lowest BCUT2D eigenvalue weighted by molar-refractivity contribution is -0.139. The number of carbonyl (C=O) groups is 2. The lowest BCUT2D eigenvalue weighted by atomic mass is 9.98. The van der Waals surface area contributed by atoms with Gasteiger partial charge in [0.1, 0.15) is 0 Å². The van der Waals surface area contributed by atoms with Crippen LogP contribution in [0, 0.1) is 6.92 Å². The molecular weight excluding hydrogens is 224 g/mol. The van der Waals surface area contributed by atoms with E-state index in [0.29, 0.717) is 5.89 Å². The Labute approximate surface area is 99.2 Å². The van der Waals surface area contributed by atoms with Crippen LogP contribution in [0.2, 0.25) is 0 Å². The van der Waals surface area contributed by atoms with Crippen molar-refractivity contribution in [1.29, 1.82) is 0 Å². The van der Waals surface area contributed by atoms with Gasteiger partial charge in [0.2, 0.25) is 5.76 Å². The minimum Gasteiger partial charge on any atom is -0.481 e. The van der Waals surface area contributed by atoms with Crippen LogP contribution in [0.1, 0.15) is 36.7 Å². The zero-order valence-corrected chi connectivity index (χ0v) is 10.4. The number of carbonyl (C=O) groups excluding carboxylic acids is 1. The average molecular weight is 240 g/mol. The van der Waals surface area contributed by atoms with Gasteiger partial charge in [-0.3, -0.25) is 9.59 Å². The lowest BCUT2D eigenvalue weighted by Gasteiger charge is -2.33. The molecule has 6 heteroatoms. The zero-order valence-electron chi connectivity index (χ0n) is 10.4. The summed E-state index contributed by atoms with van der Waals surface area (Å²) < 4.78 is 5.12. The first kappa shape index (κ1) is 13.2. The SMILES string of the molecule is Cc1ncc(C(=O)N(C)C(C)(C)CC(=O)O)o1. The van der Waals surface area contributed by atoms with Crippen LogP contribution in [0.3, 0.4) is 0 Å². The lowest BCUT2D eigenvalue weighted by Crippen LogP contribution is -2.46. The van der Waals surface area contributed by atoms with Crippen LogP contribution in [0.25, 0.3) is 0 Å². The zero-order chi connectivity index (χ0) is 13.2. The third-order valence-corrected chi connectivity index (χ3v) is 2.63. The normalized spacial score (nSPS) is 11.3. The molecule has 1 aromatic rings. The van der Waals surface area contributed by atoms with Gasteiger partial charge < -0.3 is 14.4 Å². The quantitative estimate of drug-likeness (QED) is 0.857. The van der Waals surface area contributed by atoms with Gasteiger partial charge in [0.05, 0.1) is 12.6 Å². The van der Waals surface area contributed by atoms with Crippen molar-refractivity contribution in [3.8, 4) is 0 Å². The summed E-state index contributed by atoms with van der Waals surface area (Å²) in [5.74, 6) is -0.818. The van der Waals surface area contributed by atoms with Crippen LogP contribution in [-0.4, -0.2) is 39.5 Å². The molecule has 17 heavy (non-hydrogen) atoms. The van der Waals surface area contributed by atoms with Crippen molar-refractivity contribution >= 4 is 11.9 Å². The Morgan fingerprint density at radius 2 is 2.12 bits per heavy atom. The van der Waals surface area contributed by atoms with E-state index in [1.165, 1.54) is 11.1 Å². The number of aromatic nitrogens is 1. The van der Waals surface area contributed by atoms with Gasteiger partial charge in [-0.2, -0.15) is 0 Å². The number of hydrogen-bond donors (Lipinski definition) is 1. The molecule has 94 valence electrons. The number of carboxylic acids is 1. The van der Waals surface area contributed by atoms with Crippen molar-refractivity contribution in [3.05, 3.63) is 17.8 Å². The summed E-state index contributed by atoms with van der Waals surface area (Å²) in [6.45, 7) is 5.00. The Balaban J connectivity index is 2.86. The molecule has 0 saturated heterocycles. The predicted octanol–water partition coefficient (Wildman–Crippen LogP) is 1.31. The maximum absolute atomic E-state index is 12.0. The van der Waals surface area contributed by atoms with Crippen molar-refractivity contribution in [2.75, 3.05) is 7.05 Å². The van der Waals surface area contributed by atoms with Crippen molar-refractivity contribution in [1.82, 2.24) is 9.88 Å². The summed E-state index contributed by atoms with van der Waals surface area (Å²) >= 11 is 0. The summed E-state index contributed by atoms with van der Waals surface area (Å²) in [6.07, 6.45) is 1.20. The van der Waals surface area contributed by atoms with E-state index >= 15 is 0 Å². The molecule has 0 fully saturated rings. The molecule has 0 atom stereocenters. The summed E-state index contributed by atoms with van der Waals surface area (Å²) in [6, 6.07) is 0. The number of amides is 1. The molecule has 0 spiro atoms. The second kappa shape index (κ2) is 4.57. The highest BCUT2D eigenvalue weighted by Gasteiger charge is 2.32. The van der Waals surface area contributed by atoms with Crippen molar-refractivity contribution < 1.29 is 19.1 Å². The number of aryl methyl sites for hydroxylation is 1. The number of oxazole rings is 1. The molecule has 0 radical (unpaired) electrons. The van der Waals surface area contributed by atoms with Gasteiger partial charge in [0.25, 0.3) is 5.91 Å². The molecule has 1 amide bonds. The molecule has 0 saturated carbocycles. The fourth-order valence-electron chi connectivity index (χ4n) is 1.39. The van der Waals surface area contributed by atoms with Crippen LogP contribution < -0.4 is 0 Å². The van der Waals surface area contributed by atoms with E-state index in [4.69, 9.17) is 9.52 Å². The molecule has 6 nitrogen and oxygen atoms in total. The fourth-order valence-corrected chi connectivity index (χ4v) is 1.39. The van der Waals surface area contributed by atoms with Crippen molar-refractivity contribution in [3.63, 3.8) is 0 Å². The third-order valence-electron chi connectivity index (χ3n) is 2.63. The highest BCUT2D eigenvalue weighted by atomic mass is 16.4. The molecular formula is C11H16N2O4. The summed E-state index contributed by atoms with van der Waals surface area (Å²) in [5.41, 5.74) is -0.788. The average Bonchev–Trinajstić information content (AvgIpc) is 2.60. The first-order valence-corrected chi connectivity index (χ1v) is 5.16. The van der Waals surface area contributed by atoms with Gasteiger partial charge in [-0.25, -0.2) is 4.98 Å². The minimum atomic E-state index is -0.955. The first-order valence-electron chi connectivity index (χ1n) is 5.16. The van der Waals surface area contributed by atoms with Gasteiger partial charge in [0, 0.05) is 19.5 Å². The first-order chi connectivity index (χ1) is 7.74. The highest BCUT2D eigenvalue weighted by Crippen LogP contribution is 2.20. The Bertz CT molecular complexity index is 436.